The second-order valence-electron chi connectivity index (χ2n) is 5.19. The van der Waals surface area contributed by atoms with Gasteiger partial charge in [0.1, 0.15) is 0 Å². The zero-order valence-corrected chi connectivity index (χ0v) is 10.5. The van der Waals surface area contributed by atoms with Crippen molar-refractivity contribution in [3.63, 3.8) is 0 Å². The third-order valence-electron chi connectivity index (χ3n) is 3.66. The highest BCUT2D eigenvalue weighted by Crippen LogP contribution is 2.22. The van der Waals surface area contributed by atoms with Crippen LogP contribution in [0.2, 0.25) is 0 Å². The number of nitrogens with zero attached hydrogens (tertiary/aromatic N) is 1. The highest BCUT2D eigenvalue weighted by Gasteiger charge is 2.30. The SMILES string of the molecule is Cc1cccc(CN2CCC(O)(CN)CC2)c1. The molecule has 1 aliphatic rings. The van der Waals surface area contributed by atoms with E-state index in [0.717, 1.165) is 32.5 Å². The maximum Gasteiger partial charge on any atom is 0.0793 e. The fourth-order valence-electron chi connectivity index (χ4n) is 2.40. The average Bonchev–Trinajstić information content (AvgIpc) is 2.33. The monoisotopic (exact) mass is 234 g/mol. The number of nitrogens with two attached hydrogens (primary N) is 1. The second-order valence-corrected chi connectivity index (χ2v) is 5.19. The van der Waals surface area contributed by atoms with Crippen LogP contribution in [0.15, 0.2) is 24.3 Å². The summed E-state index contributed by atoms with van der Waals surface area (Å²) in [6, 6.07) is 8.61. The Labute approximate surface area is 103 Å². The fraction of sp³-hybridized carbons (Fsp3) is 0.571. The summed E-state index contributed by atoms with van der Waals surface area (Å²) in [5, 5.41) is 10.1. The zero-order valence-electron chi connectivity index (χ0n) is 10.5. The first-order valence-electron chi connectivity index (χ1n) is 6.32. The number of benzene rings is 1. The average molecular weight is 234 g/mol. The summed E-state index contributed by atoms with van der Waals surface area (Å²) in [6.45, 7) is 5.34. The molecule has 3 nitrogen and oxygen atoms in total. The topological polar surface area (TPSA) is 49.5 Å². The smallest absolute Gasteiger partial charge is 0.0793 e. The van der Waals surface area contributed by atoms with E-state index in [2.05, 4.69) is 36.1 Å². The van der Waals surface area contributed by atoms with Gasteiger partial charge in [0.2, 0.25) is 0 Å². The molecule has 1 aromatic carbocycles. The van der Waals surface area contributed by atoms with E-state index in [-0.39, 0.29) is 0 Å². The molecule has 0 atom stereocenters. The lowest BCUT2D eigenvalue weighted by Crippen LogP contribution is -2.48. The van der Waals surface area contributed by atoms with E-state index in [4.69, 9.17) is 5.73 Å². The van der Waals surface area contributed by atoms with E-state index < -0.39 is 5.60 Å². The maximum absolute atomic E-state index is 10.1. The number of aliphatic hydroxyl groups is 1. The molecule has 0 amide bonds. The quantitative estimate of drug-likeness (QED) is 0.828. The van der Waals surface area contributed by atoms with E-state index in [0.29, 0.717) is 6.54 Å². The number of rotatable bonds is 3. The predicted octanol–water partition coefficient (Wildman–Crippen LogP) is 1.28. The van der Waals surface area contributed by atoms with Gasteiger partial charge in [0, 0.05) is 26.2 Å². The van der Waals surface area contributed by atoms with Crippen molar-refractivity contribution < 1.29 is 5.11 Å². The first kappa shape index (κ1) is 12.6. The van der Waals surface area contributed by atoms with E-state index in [9.17, 15) is 5.11 Å². The first-order chi connectivity index (χ1) is 8.11. The van der Waals surface area contributed by atoms with Crippen molar-refractivity contribution in [3.05, 3.63) is 35.4 Å². The van der Waals surface area contributed by atoms with Gasteiger partial charge in [-0.2, -0.15) is 0 Å². The Morgan fingerprint density at radius 1 is 1.35 bits per heavy atom. The Morgan fingerprint density at radius 2 is 2.06 bits per heavy atom. The summed E-state index contributed by atoms with van der Waals surface area (Å²) >= 11 is 0. The Hall–Kier alpha value is -0.900. The summed E-state index contributed by atoms with van der Waals surface area (Å²) in [4.78, 5) is 2.39. The number of likely N-dealkylation sites (tertiary alicyclic amines) is 1. The van der Waals surface area contributed by atoms with E-state index in [1.165, 1.54) is 11.1 Å². The molecule has 0 radical (unpaired) electrons. The van der Waals surface area contributed by atoms with Crippen molar-refractivity contribution >= 4 is 0 Å². The highest BCUT2D eigenvalue weighted by atomic mass is 16.3. The molecule has 94 valence electrons. The third-order valence-corrected chi connectivity index (χ3v) is 3.66. The van der Waals surface area contributed by atoms with Crippen LogP contribution >= 0.6 is 0 Å². The molecule has 1 heterocycles. The van der Waals surface area contributed by atoms with E-state index in [1.54, 1.807) is 0 Å². The van der Waals surface area contributed by atoms with Gasteiger partial charge in [-0.25, -0.2) is 0 Å². The van der Waals surface area contributed by atoms with Crippen LogP contribution in [0.1, 0.15) is 24.0 Å². The molecule has 1 aromatic rings. The summed E-state index contributed by atoms with van der Waals surface area (Å²) in [6.07, 6.45) is 1.57. The van der Waals surface area contributed by atoms with E-state index >= 15 is 0 Å². The molecule has 3 heteroatoms. The van der Waals surface area contributed by atoms with Crippen molar-refractivity contribution in [1.82, 2.24) is 4.90 Å². The molecule has 0 saturated carbocycles. The second kappa shape index (κ2) is 5.17. The minimum atomic E-state index is -0.622. The van der Waals surface area contributed by atoms with Gasteiger partial charge in [0.05, 0.1) is 5.60 Å². The largest absolute Gasteiger partial charge is 0.388 e. The Bertz CT molecular complexity index is 370. The first-order valence-corrected chi connectivity index (χ1v) is 6.32. The van der Waals surface area contributed by atoms with Gasteiger partial charge in [-0.1, -0.05) is 29.8 Å². The van der Waals surface area contributed by atoms with Crippen LogP contribution in [-0.4, -0.2) is 35.2 Å². The molecule has 0 bridgehead atoms. The summed E-state index contributed by atoms with van der Waals surface area (Å²) < 4.78 is 0. The fourth-order valence-corrected chi connectivity index (χ4v) is 2.40. The molecule has 0 spiro atoms. The van der Waals surface area contributed by atoms with Crippen molar-refractivity contribution in [2.24, 2.45) is 5.73 Å². The molecule has 17 heavy (non-hydrogen) atoms. The van der Waals surface area contributed by atoms with Crippen molar-refractivity contribution in [2.45, 2.75) is 31.9 Å². The van der Waals surface area contributed by atoms with Gasteiger partial charge in [-0.15, -0.1) is 0 Å². The Morgan fingerprint density at radius 3 is 2.65 bits per heavy atom. The van der Waals surface area contributed by atoms with Gasteiger partial charge in [0.25, 0.3) is 0 Å². The van der Waals surface area contributed by atoms with Crippen LogP contribution < -0.4 is 5.73 Å². The molecule has 0 unspecified atom stereocenters. The standard InChI is InChI=1S/C14H22N2O/c1-12-3-2-4-13(9-12)10-16-7-5-14(17,11-15)6-8-16/h2-4,9,17H,5-8,10-11,15H2,1H3. The number of hydrogen-bond acceptors (Lipinski definition) is 3. The molecule has 0 aliphatic carbocycles. The molecular weight excluding hydrogens is 212 g/mol. The lowest BCUT2D eigenvalue weighted by atomic mass is 9.91. The van der Waals surface area contributed by atoms with Crippen LogP contribution in [0.3, 0.4) is 0 Å². The van der Waals surface area contributed by atoms with Crippen molar-refractivity contribution in [1.29, 1.82) is 0 Å². The molecule has 0 aromatic heterocycles. The summed E-state index contributed by atoms with van der Waals surface area (Å²) in [5.41, 5.74) is 7.62. The van der Waals surface area contributed by atoms with Gasteiger partial charge in [-0.3, -0.25) is 4.90 Å². The van der Waals surface area contributed by atoms with Gasteiger partial charge < -0.3 is 10.8 Å². The Balaban J connectivity index is 1.90. The molecule has 1 fully saturated rings. The number of piperidine rings is 1. The maximum atomic E-state index is 10.1. The molecule has 1 aliphatic heterocycles. The molecule has 2 rings (SSSR count). The summed E-state index contributed by atoms with van der Waals surface area (Å²) in [7, 11) is 0. The van der Waals surface area contributed by atoms with Crippen molar-refractivity contribution in [2.75, 3.05) is 19.6 Å². The lowest BCUT2D eigenvalue weighted by molar-refractivity contribution is -0.0153. The number of aryl methyl sites for hydroxylation is 1. The number of hydrogen-bond donors (Lipinski definition) is 2. The van der Waals surface area contributed by atoms with Crippen LogP contribution in [0.4, 0.5) is 0 Å². The predicted molar refractivity (Wildman–Crippen MR) is 69.7 cm³/mol. The zero-order chi connectivity index (χ0) is 12.3. The Kier molecular flexibility index (Phi) is 3.82. The lowest BCUT2D eigenvalue weighted by Gasteiger charge is -2.37. The van der Waals surface area contributed by atoms with Gasteiger partial charge in [-0.05, 0) is 25.3 Å². The van der Waals surface area contributed by atoms with Crippen molar-refractivity contribution in [3.8, 4) is 0 Å². The molecule has 3 N–H and O–H groups in total. The van der Waals surface area contributed by atoms with E-state index in [1.807, 2.05) is 0 Å². The molecule has 1 saturated heterocycles. The summed E-state index contributed by atoms with van der Waals surface area (Å²) in [5.74, 6) is 0. The highest BCUT2D eigenvalue weighted by molar-refractivity contribution is 5.22. The minimum absolute atomic E-state index is 0.380. The van der Waals surface area contributed by atoms with Gasteiger partial charge >= 0.3 is 0 Å². The van der Waals surface area contributed by atoms with Crippen LogP contribution in [0.5, 0.6) is 0 Å². The minimum Gasteiger partial charge on any atom is -0.388 e. The van der Waals surface area contributed by atoms with Gasteiger partial charge in [0.15, 0.2) is 0 Å². The molecular formula is C14H22N2O. The van der Waals surface area contributed by atoms with Crippen LogP contribution in [0.25, 0.3) is 0 Å². The normalized spacial score (nSPS) is 20.4. The van der Waals surface area contributed by atoms with Crippen LogP contribution in [0, 0.1) is 6.92 Å². The third kappa shape index (κ3) is 3.28. The van der Waals surface area contributed by atoms with Crippen LogP contribution in [-0.2, 0) is 6.54 Å².